The van der Waals surface area contributed by atoms with Crippen LogP contribution in [0.4, 0.5) is 14.4 Å². The van der Waals surface area contributed by atoms with Crippen LogP contribution in [-0.4, -0.2) is 46.2 Å². The lowest BCUT2D eigenvalue weighted by molar-refractivity contribution is 0.178. The van der Waals surface area contributed by atoms with Crippen LogP contribution >= 0.6 is 0 Å². The van der Waals surface area contributed by atoms with Crippen molar-refractivity contribution < 1.29 is 28.6 Å². The molecule has 0 atom stereocenters. The summed E-state index contributed by atoms with van der Waals surface area (Å²) in [6, 6.07) is 0. The Morgan fingerprint density at radius 2 is 1.20 bits per heavy atom. The molecule has 0 radical (unpaired) electrons. The van der Waals surface area contributed by atoms with Crippen LogP contribution in [0.2, 0.25) is 0 Å². The lowest BCUT2D eigenvalue weighted by atomic mass is 11.2. The maximum atomic E-state index is 11.4. The Bertz CT molecular complexity index is 257. The van der Waals surface area contributed by atoms with Gasteiger partial charge in [0.15, 0.2) is 0 Å². The zero-order valence-corrected chi connectivity index (χ0v) is 9.73. The molecule has 0 fully saturated rings. The average Bonchev–Trinajstić information content (AvgIpc) is 2.29. The minimum absolute atomic E-state index is 0.962. The summed E-state index contributed by atoms with van der Waals surface area (Å²) in [4.78, 5) is 34.3. The molecule has 7 heteroatoms. The molecule has 0 heterocycles. The van der Waals surface area contributed by atoms with Crippen molar-refractivity contribution in [2.75, 3.05) is 21.3 Å². The molecule has 0 aromatic carbocycles. The van der Waals surface area contributed by atoms with E-state index in [1.807, 2.05) is 0 Å². The first-order valence-corrected chi connectivity index (χ1v) is 5.97. The van der Waals surface area contributed by atoms with Gasteiger partial charge < -0.3 is 14.2 Å². The number of hydrogen-bond acceptors (Lipinski definition) is 6. The van der Waals surface area contributed by atoms with E-state index in [1.54, 1.807) is 0 Å². The van der Waals surface area contributed by atoms with Crippen LogP contribution < -0.4 is 0 Å². The van der Waals surface area contributed by atoms with Crippen LogP contribution in [0.15, 0.2) is 12.3 Å². The minimum atomic E-state index is -3.90. The highest BCUT2D eigenvalue weighted by atomic mass is 28.3. The van der Waals surface area contributed by atoms with Crippen molar-refractivity contribution in [3.63, 3.8) is 0 Å². The topological polar surface area (TPSA) is 78.9 Å². The van der Waals surface area contributed by atoms with Crippen LogP contribution in [0.1, 0.15) is 0 Å². The van der Waals surface area contributed by atoms with Gasteiger partial charge in [0.25, 0.3) is 0 Å². The Hall–Kier alpha value is -1.63. The molecule has 84 valence electrons. The Balaban J connectivity index is 5.49. The van der Waals surface area contributed by atoms with Crippen LogP contribution in [0.5, 0.6) is 0 Å². The molecule has 0 saturated carbocycles. The maximum absolute atomic E-state index is 11.4. The van der Waals surface area contributed by atoms with E-state index in [0.29, 0.717) is 0 Å². The third-order valence-electron chi connectivity index (χ3n) is 1.83. The second kappa shape index (κ2) is 5.30. The van der Waals surface area contributed by atoms with Gasteiger partial charge in [0.2, 0.25) is 0 Å². The van der Waals surface area contributed by atoms with Crippen molar-refractivity contribution in [3.05, 3.63) is 12.3 Å². The van der Waals surface area contributed by atoms with Gasteiger partial charge in [-0.3, -0.25) is 14.4 Å². The van der Waals surface area contributed by atoms with Gasteiger partial charge in [-0.25, -0.2) is 0 Å². The molecule has 0 saturated heterocycles. The maximum Gasteiger partial charge on any atom is 0.452 e. The molecule has 0 aromatic heterocycles. The standard InChI is InChI=1S/C8H12O6Si/c1-5-15(6(9)12-2,7(10)13-3)8(11)14-4/h5H,1H2,2-4H3. The summed E-state index contributed by atoms with van der Waals surface area (Å²) < 4.78 is 13.2. The van der Waals surface area contributed by atoms with E-state index in [-0.39, 0.29) is 0 Å². The second-order valence-corrected chi connectivity index (χ2v) is 5.74. The summed E-state index contributed by atoms with van der Waals surface area (Å²) >= 11 is 0. The largest absolute Gasteiger partial charge is 0.472 e. The predicted octanol–water partition coefficient (Wildman–Crippen LogP) is 1.20. The molecule has 0 unspecified atom stereocenters. The fourth-order valence-electron chi connectivity index (χ4n) is 0.983. The molecule has 6 nitrogen and oxygen atoms in total. The van der Waals surface area contributed by atoms with Gasteiger partial charge in [0.1, 0.15) is 0 Å². The van der Waals surface area contributed by atoms with Gasteiger partial charge in [-0.1, -0.05) is 5.70 Å². The third-order valence-corrected chi connectivity index (χ3v) is 4.98. The van der Waals surface area contributed by atoms with Crippen molar-refractivity contribution in [1.29, 1.82) is 0 Å². The number of ether oxygens (including phenoxy) is 3. The molecule has 0 amide bonds. The number of rotatable bonds is 4. The van der Waals surface area contributed by atoms with Gasteiger partial charge in [-0.15, -0.1) is 6.58 Å². The summed E-state index contributed by atoms with van der Waals surface area (Å²) in [6.45, 7) is 3.30. The molecule has 0 rings (SSSR count). The van der Waals surface area contributed by atoms with Gasteiger partial charge in [0.05, 0.1) is 21.3 Å². The Morgan fingerprint density at radius 1 is 0.933 bits per heavy atom. The first-order valence-electron chi connectivity index (χ1n) is 3.90. The van der Waals surface area contributed by atoms with E-state index in [0.717, 1.165) is 27.0 Å². The monoisotopic (exact) mass is 232 g/mol. The van der Waals surface area contributed by atoms with Gasteiger partial charge in [-0.05, 0) is 0 Å². The highest BCUT2D eigenvalue weighted by Crippen LogP contribution is 2.14. The van der Waals surface area contributed by atoms with Crippen LogP contribution in [-0.2, 0) is 14.2 Å². The molecule has 0 aromatic rings. The van der Waals surface area contributed by atoms with Crippen molar-refractivity contribution in [2.45, 2.75) is 0 Å². The molecule has 0 aliphatic rings. The van der Waals surface area contributed by atoms with E-state index in [4.69, 9.17) is 0 Å². The van der Waals surface area contributed by atoms with E-state index >= 15 is 0 Å². The summed E-state index contributed by atoms with van der Waals surface area (Å²) in [5.41, 5.74) is -1.92. The average molecular weight is 232 g/mol. The van der Waals surface area contributed by atoms with Gasteiger partial charge in [0, 0.05) is 0 Å². The molecule has 15 heavy (non-hydrogen) atoms. The Kier molecular flexibility index (Phi) is 4.72. The Labute approximate surface area is 87.8 Å². The molecular formula is C8H12O6Si. The molecule has 0 N–H and O–H groups in total. The highest BCUT2D eigenvalue weighted by Gasteiger charge is 2.59. The quantitative estimate of drug-likeness (QED) is 0.535. The third kappa shape index (κ3) is 2.07. The van der Waals surface area contributed by atoms with E-state index in [9.17, 15) is 14.4 Å². The first kappa shape index (κ1) is 13.4. The number of hydrogen-bond donors (Lipinski definition) is 0. The van der Waals surface area contributed by atoms with Gasteiger partial charge >= 0.3 is 24.9 Å². The SMILES string of the molecule is C=C[Si](C(=O)OC)(C(=O)OC)C(=O)OC. The van der Waals surface area contributed by atoms with Crippen molar-refractivity contribution in [2.24, 2.45) is 0 Å². The number of carbonyl (C=O) groups excluding carboxylic acids is 3. The normalized spacial score (nSPS) is 10.1. The smallest absolute Gasteiger partial charge is 0.452 e. The summed E-state index contributed by atoms with van der Waals surface area (Å²) in [6.07, 6.45) is 0. The number of carbonyl (C=O) groups is 3. The Morgan fingerprint density at radius 3 is 1.33 bits per heavy atom. The molecule has 0 bridgehead atoms. The number of methoxy groups -OCH3 is 3. The molecule has 0 aliphatic heterocycles. The molecular weight excluding hydrogens is 220 g/mol. The minimum Gasteiger partial charge on any atom is -0.472 e. The highest BCUT2D eigenvalue weighted by molar-refractivity contribution is 7.41. The summed E-state index contributed by atoms with van der Waals surface area (Å²) in [5.74, 6) is 0. The molecule has 0 aliphatic carbocycles. The van der Waals surface area contributed by atoms with Crippen molar-refractivity contribution in [3.8, 4) is 0 Å². The van der Waals surface area contributed by atoms with Crippen molar-refractivity contribution in [1.82, 2.24) is 0 Å². The van der Waals surface area contributed by atoms with E-state index in [1.165, 1.54) is 0 Å². The van der Waals surface area contributed by atoms with Crippen LogP contribution in [0.25, 0.3) is 0 Å². The lowest BCUT2D eigenvalue weighted by Crippen LogP contribution is -2.58. The van der Waals surface area contributed by atoms with Gasteiger partial charge in [-0.2, -0.15) is 0 Å². The van der Waals surface area contributed by atoms with Crippen LogP contribution in [0, 0.1) is 0 Å². The van der Waals surface area contributed by atoms with Crippen LogP contribution in [0.3, 0.4) is 0 Å². The second-order valence-electron chi connectivity index (χ2n) is 2.49. The predicted molar refractivity (Wildman–Crippen MR) is 53.2 cm³/mol. The van der Waals surface area contributed by atoms with Crippen molar-refractivity contribution >= 4 is 24.9 Å². The van der Waals surface area contributed by atoms with E-state index < -0.39 is 24.9 Å². The molecule has 0 spiro atoms. The fourth-order valence-corrected chi connectivity index (χ4v) is 2.95. The summed E-state index contributed by atoms with van der Waals surface area (Å²) in [7, 11) is -0.692. The fraction of sp³-hybridized carbons (Fsp3) is 0.375. The van der Waals surface area contributed by atoms with E-state index in [2.05, 4.69) is 20.8 Å². The lowest BCUT2D eigenvalue weighted by Gasteiger charge is -2.18. The summed E-state index contributed by atoms with van der Waals surface area (Å²) in [5, 5.41) is 0. The zero-order chi connectivity index (χ0) is 12.1. The zero-order valence-electron chi connectivity index (χ0n) is 8.73. The first-order chi connectivity index (χ1) is 7.00.